The van der Waals surface area contributed by atoms with Gasteiger partial charge in [0.05, 0.1) is 44.8 Å². The van der Waals surface area contributed by atoms with Gasteiger partial charge in [-0.3, -0.25) is 23.5 Å². The number of anilines is 5. The number of aryl methyl sites for hydroxylation is 1. The van der Waals surface area contributed by atoms with Crippen molar-refractivity contribution in [1.82, 2.24) is 29.7 Å². The molecule has 2 aliphatic heterocycles. The van der Waals surface area contributed by atoms with Crippen LogP contribution in [0.25, 0.3) is 44.3 Å². The molecule has 0 fully saturated rings. The maximum Gasteiger partial charge on any atom is 0.425 e. The normalized spacial score (nSPS) is 13.9. The number of hydrogen-bond acceptors (Lipinski definition) is 26. The zero-order valence-corrected chi connectivity index (χ0v) is 85.3. The molecule has 0 spiro atoms. The number of amides is 3. The molecule has 3 amide bonds. The molecule has 760 valence electrons. The van der Waals surface area contributed by atoms with Crippen LogP contribution < -0.4 is 60.1 Å². The van der Waals surface area contributed by atoms with Crippen molar-refractivity contribution in [1.29, 1.82) is 0 Å². The molecular formula is C98H105Cl6N18O19PS2. The molecule has 2 aromatic heterocycles. The first kappa shape index (κ1) is 115. The summed E-state index contributed by atoms with van der Waals surface area (Å²) in [6, 6.07) is 65.2. The molecular weight excluding hydrogens is 2040 g/mol. The highest BCUT2D eigenvalue weighted by molar-refractivity contribution is 7.85. The van der Waals surface area contributed by atoms with E-state index < -0.39 is 83.0 Å². The second kappa shape index (κ2) is 52.5. The Morgan fingerprint density at radius 2 is 0.924 bits per heavy atom. The van der Waals surface area contributed by atoms with Gasteiger partial charge in [0.15, 0.2) is 18.0 Å². The van der Waals surface area contributed by atoms with Crippen LogP contribution in [-0.4, -0.2) is 216 Å². The van der Waals surface area contributed by atoms with E-state index in [2.05, 4.69) is 118 Å². The third-order valence-electron chi connectivity index (χ3n) is 22.1. The maximum absolute atomic E-state index is 12.6. The summed E-state index contributed by atoms with van der Waals surface area (Å²) in [6.07, 6.45) is -7.35. The quantitative estimate of drug-likeness (QED) is 0.00878. The van der Waals surface area contributed by atoms with Crippen LogP contribution in [0.1, 0.15) is 110 Å². The van der Waals surface area contributed by atoms with Crippen LogP contribution >= 0.6 is 77.2 Å². The smallest absolute Gasteiger partial charge is 0.425 e. The van der Waals surface area contributed by atoms with Gasteiger partial charge in [-0.05, 0) is 251 Å². The summed E-state index contributed by atoms with van der Waals surface area (Å²) in [7, 11) is -7.85. The molecule has 0 aliphatic carbocycles. The van der Waals surface area contributed by atoms with Crippen molar-refractivity contribution in [3.05, 3.63) is 310 Å². The number of hydrogen-bond donors (Lipinski definition) is 17. The number of aromatic carboxylic acids is 1. The Hall–Kier alpha value is -12.9. The number of nitrogens with two attached hydrogens (primary N) is 6. The molecule has 0 saturated heterocycles. The minimum absolute atomic E-state index is 0.0798. The van der Waals surface area contributed by atoms with Gasteiger partial charge < -0.3 is 105 Å². The van der Waals surface area contributed by atoms with E-state index in [1.165, 1.54) is 59.9 Å². The highest BCUT2D eigenvalue weighted by Crippen LogP contribution is 2.43. The number of carbonyl (C=O) groups excluding carboxylic acids is 3. The summed E-state index contributed by atoms with van der Waals surface area (Å²) in [5, 5.41) is 63.3. The largest absolute Gasteiger partial charge is 0.478 e. The Bertz CT molecular complexity index is 6950. The number of likely N-dealkylation sites (N-methyl/N-ethyl adjacent to an activating group) is 2. The van der Waals surface area contributed by atoms with Gasteiger partial charge in [0.25, 0.3) is 33.8 Å². The number of fused-ring (bicyclic) bond motifs is 4. The molecule has 0 saturated carbocycles. The Morgan fingerprint density at radius 1 is 0.521 bits per heavy atom. The van der Waals surface area contributed by atoms with E-state index in [1.54, 1.807) is 60.7 Å². The lowest BCUT2D eigenvalue weighted by Gasteiger charge is -2.33. The van der Waals surface area contributed by atoms with Crippen LogP contribution in [0.5, 0.6) is 0 Å². The summed E-state index contributed by atoms with van der Waals surface area (Å²) in [6.45, 7) is 16.5. The van der Waals surface area contributed by atoms with Crippen molar-refractivity contribution < 1.29 is 89.8 Å². The molecule has 15 rings (SSSR count). The summed E-state index contributed by atoms with van der Waals surface area (Å²) in [5.74, 6) is -2.65. The van der Waals surface area contributed by atoms with Gasteiger partial charge in [0.2, 0.25) is 5.91 Å². The van der Waals surface area contributed by atoms with Gasteiger partial charge in [-0.15, -0.1) is 12.6 Å². The average molecular weight is 2150 g/mol. The van der Waals surface area contributed by atoms with Crippen molar-refractivity contribution in [2.75, 3.05) is 86.1 Å². The van der Waals surface area contributed by atoms with E-state index in [9.17, 15) is 46.5 Å². The molecule has 0 radical (unpaired) electrons. The number of carboxylic acids is 1. The minimum atomic E-state index is -4.43. The number of primary amides is 1. The second-order valence-corrected chi connectivity index (χ2v) is 38.5. The zero-order chi connectivity index (χ0) is 106. The predicted molar refractivity (Wildman–Crippen MR) is 563 cm³/mol. The first-order valence-corrected chi connectivity index (χ1v) is 50.1. The number of aliphatic imine (C=N–C) groups is 2. The second-order valence-electron chi connectivity index (χ2n) is 32.5. The van der Waals surface area contributed by atoms with Crippen LogP contribution in [-0.2, 0) is 43.2 Å². The van der Waals surface area contributed by atoms with E-state index in [4.69, 9.17) is 142 Å². The molecule has 6 atom stereocenters. The van der Waals surface area contributed by atoms with E-state index in [-0.39, 0.29) is 62.5 Å². The molecule has 23 N–H and O–H groups in total. The first-order chi connectivity index (χ1) is 68.0. The van der Waals surface area contributed by atoms with Gasteiger partial charge >= 0.3 is 24.2 Å². The molecule has 13 aromatic rings. The number of rotatable bonds is 24. The molecule has 46 heteroatoms. The van der Waals surface area contributed by atoms with Crippen molar-refractivity contribution in [3.8, 4) is 22.5 Å². The maximum atomic E-state index is 12.6. The fraction of sp³-hybridized carbons (Fsp3) is 0.224. The van der Waals surface area contributed by atoms with Crippen LogP contribution in [0.3, 0.4) is 0 Å². The van der Waals surface area contributed by atoms with Crippen molar-refractivity contribution >= 4 is 201 Å². The molecule has 4 heterocycles. The number of halogens is 6. The number of benzene rings is 11. The molecule has 2 aliphatic rings. The van der Waals surface area contributed by atoms with E-state index in [0.717, 1.165) is 142 Å². The van der Waals surface area contributed by atoms with Crippen molar-refractivity contribution in [2.45, 2.75) is 88.9 Å². The van der Waals surface area contributed by atoms with Crippen LogP contribution in [0.15, 0.2) is 239 Å². The Kier molecular flexibility index (Phi) is 41.8. The molecule has 37 nitrogen and oxygen atoms in total. The highest BCUT2D eigenvalue weighted by atomic mass is 35.5. The average Bonchev–Trinajstić information content (AvgIpc) is 0.778. The summed E-state index contributed by atoms with van der Waals surface area (Å²) >= 11 is 37.7. The van der Waals surface area contributed by atoms with E-state index in [0.29, 0.717) is 47.2 Å². The van der Waals surface area contributed by atoms with E-state index >= 15 is 0 Å². The van der Waals surface area contributed by atoms with Gasteiger partial charge in [-0.25, -0.2) is 24.7 Å². The van der Waals surface area contributed by atoms with Crippen LogP contribution in [0, 0.1) is 6.92 Å². The molecule has 2 unspecified atom stereocenters. The number of carboxylic acid groups (broad SMARTS) is 1. The predicted octanol–water partition coefficient (Wildman–Crippen LogP) is 13.3. The van der Waals surface area contributed by atoms with Gasteiger partial charge in [0, 0.05) is 156 Å². The molecule has 144 heavy (non-hydrogen) atoms. The Morgan fingerprint density at radius 3 is 1.28 bits per heavy atom. The molecule has 0 bridgehead atoms. The van der Waals surface area contributed by atoms with Crippen LogP contribution in [0.4, 0.5) is 40.3 Å². The number of aliphatic hydroxyl groups excluding tert-OH is 5. The lowest BCUT2D eigenvalue weighted by molar-refractivity contribution is -0.146. The summed E-state index contributed by atoms with van der Waals surface area (Å²) in [5.41, 5.74) is 48.6. The fourth-order valence-corrected chi connectivity index (χ4v) is 17.9. The number of carbonyl (C=O) groups is 4. The van der Waals surface area contributed by atoms with Gasteiger partial charge in [0.1, 0.15) is 18.3 Å². The number of aliphatic hydroxyl groups is 5. The lowest BCUT2D eigenvalue weighted by atomic mass is 9.84. The fourth-order valence-electron chi connectivity index (χ4n) is 15.3. The number of nitrogen functional groups attached to an aromatic ring is 1. The standard InChI is InChI=1S/C23H21Cl2N2O4P.C23H20Cl2N2O4S.2C19H21ClN6.C8H9NO2.C6H13NO6.O3S/c2*1-27-12-20(19-10-16(24)11-22(25)21(19)13-27)14-5-7-17(8-6-14)26-23(28)15-3-2-4-18(9-15)32(29,30)31;2*1-3-26(4-2)14-8-5-12(6-9-14)17-15-11-13(20)7-10-16(15)23-19(24-17)25-18(21)22;1-5-2-6(8(10)11)4-7(9)3-5;7-6(13)5(12)4(11)3(10)2(9)1-8;1-4(2)3/h2-11,20H,12-13H2,1H3,(H,26,28)(H2,29,30,31);2-11,20H,12-13H2,1H3,(H,26,28)(H,29,30,31);2*5-11H,3-4H2,1-2H3,(H4,21,22,23,24,25);2-4H,9H2,1H3,(H,10,11);2-5,8-12H,1H2,(H2,7,13);/t;;;;;2-,3-,4+,5-;/m.....0./s1. The molecule has 11 aromatic carbocycles. The minimum Gasteiger partial charge on any atom is -0.478 e. The summed E-state index contributed by atoms with van der Waals surface area (Å²) < 4.78 is 68.6. The number of aromatic nitrogens is 4. The summed E-state index contributed by atoms with van der Waals surface area (Å²) in [4.78, 5) is 99.0. The van der Waals surface area contributed by atoms with Crippen molar-refractivity contribution in [2.24, 2.45) is 38.7 Å². The SMILES string of the molecule is CCN(CC)c1ccc(-c2nc(N=C(N)N)nc3ccc(Cl)cc23)cc1.CCN(CC)c1ccc(-c2nc(N=C(N)N)nc3ccc(Cl)cc23)cc1.CN1Cc2c(Cl)cc(Cl)cc2C(c2ccc(NC(=O)c3cccc(P(=O)(O)O)c3)cc2)C1.CN1Cc2c(Cl)cc(Cl)cc2C(c2ccc(NC(=O)c3cccc(S(=O)(=O)O)c3)cc2)C1.Cc1cc(N)cc(C(=O)O)c1.NC(=O)[C@@H](O)[C@H](O)[C@@H](O)[C@@H](O)CO.O=S(=O)=O. The third-order valence-corrected chi connectivity index (χ3v) is 25.5. The zero-order valence-electron chi connectivity index (χ0n) is 78.3. The number of guanidine groups is 2. The Balaban J connectivity index is 0.000000197. The third kappa shape index (κ3) is 32.5. The topological polar surface area (TPSA) is 622 Å². The number of nitrogens with one attached hydrogen (secondary N) is 2. The highest BCUT2D eigenvalue weighted by Gasteiger charge is 2.34. The van der Waals surface area contributed by atoms with Crippen LogP contribution in [0.2, 0.25) is 30.1 Å². The monoisotopic (exact) mass is 2140 g/mol. The van der Waals surface area contributed by atoms with Gasteiger partial charge in [-0.2, -0.15) is 18.4 Å². The van der Waals surface area contributed by atoms with Crippen molar-refractivity contribution in [3.63, 3.8) is 0 Å². The van der Waals surface area contributed by atoms with E-state index in [1.807, 2.05) is 106 Å². The first-order valence-electron chi connectivity index (χ1n) is 43.7. The number of nitrogens with zero attached hydrogens (tertiary/aromatic N) is 10. The Labute approximate surface area is 860 Å². The van der Waals surface area contributed by atoms with Gasteiger partial charge in [-0.1, -0.05) is 130 Å². The lowest BCUT2D eigenvalue weighted by Crippen LogP contribution is -2.50.